The molecule has 1 heterocycles. The standard InChI is InChI=1S/C16H21N3/c1-3-4-14-5-7-15(8-6-14)13(2)18-11-16-9-10-17-12-19-16/h5-10,12-13,18H,3-4,11H2,1-2H3. The number of rotatable bonds is 6. The summed E-state index contributed by atoms with van der Waals surface area (Å²) in [5.41, 5.74) is 3.74. The van der Waals surface area contributed by atoms with Crippen molar-refractivity contribution in [3.05, 3.63) is 59.7 Å². The van der Waals surface area contributed by atoms with Crippen LogP contribution in [0.5, 0.6) is 0 Å². The molecule has 3 heteroatoms. The van der Waals surface area contributed by atoms with Crippen LogP contribution in [0.3, 0.4) is 0 Å². The molecule has 0 saturated carbocycles. The Balaban J connectivity index is 1.90. The minimum atomic E-state index is 0.325. The Bertz CT molecular complexity index is 479. The molecule has 0 aliphatic heterocycles. The number of hydrogen-bond acceptors (Lipinski definition) is 3. The molecule has 0 amide bonds. The normalized spacial score (nSPS) is 12.3. The second kappa shape index (κ2) is 7.00. The van der Waals surface area contributed by atoms with Gasteiger partial charge in [0.15, 0.2) is 0 Å². The highest BCUT2D eigenvalue weighted by Gasteiger charge is 2.05. The zero-order valence-electron chi connectivity index (χ0n) is 11.6. The zero-order chi connectivity index (χ0) is 13.5. The Labute approximate surface area is 115 Å². The van der Waals surface area contributed by atoms with E-state index in [1.807, 2.05) is 6.07 Å². The van der Waals surface area contributed by atoms with E-state index >= 15 is 0 Å². The molecule has 3 nitrogen and oxygen atoms in total. The van der Waals surface area contributed by atoms with Gasteiger partial charge < -0.3 is 5.32 Å². The molecule has 0 aliphatic carbocycles. The number of nitrogens with one attached hydrogen (secondary N) is 1. The van der Waals surface area contributed by atoms with Gasteiger partial charge in [-0.2, -0.15) is 0 Å². The van der Waals surface area contributed by atoms with E-state index < -0.39 is 0 Å². The third-order valence-electron chi connectivity index (χ3n) is 3.25. The van der Waals surface area contributed by atoms with Gasteiger partial charge in [-0.25, -0.2) is 9.97 Å². The molecular formula is C16H21N3. The Morgan fingerprint density at radius 3 is 2.58 bits per heavy atom. The predicted molar refractivity (Wildman–Crippen MR) is 77.7 cm³/mol. The molecule has 19 heavy (non-hydrogen) atoms. The lowest BCUT2D eigenvalue weighted by Gasteiger charge is -2.14. The summed E-state index contributed by atoms with van der Waals surface area (Å²) in [6.45, 7) is 5.15. The average molecular weight is 255 g/mol. The molecule has 0 aliphatic rings. The maximum atomic E-state index is 4.21. The van der Waals surface area contributed by atoms with Crippen LogP contribution in [0, 0.1) is 0 Å². The third-order valence-corrected chi connectivity index (χ3v) is 3.25. The van der Waals surface area contributed by atoms with Gasteiger partial charge in [-0.15, -0.1) is 0 Å². The van der Waals surface area contributed by atoms with Crippen LogP contribution in [-0.2, 0) is 13.0 Å². The van der Waals surface area contributed by atoms with E-state index in [9.17, 15) is 0 Å². The number of hydrogen-bond donors (Lipinski definition) is 1. The van der Waals surface area contributed by atoms with Crippen LogP contribution in [0.25, 0.3) is 0 Å². The lowest BCUT2D eigenvalue weighted by Crippen LogP contribution is -2.18. The molecule has 1 unspecified atom stereocenters. The fourth-order valence-corrected chi connectivity index (χ4v) is 2.06. The predicted octanol–water partition coefficient (Wildman–Crippen LogP) is 3.28. The van der Waals surface area contributed by atoms with Crippen molar-refractivity contribution in [3.8, 4) is 0 Å². The van der Waals surface area contributed by atoms with Crippen molar-refractivity contribution in [2.75, 3.05) is 0 Å². The van der Waals surface area contributed by atoms with Crippen molar-refractivity contribution in [2.24, 2.45) is 0 Å². The van der Waals surface area contributed by atoms with E-state index in [4.69, 9.17) is 0 Å². The summed E-state index contributed by atoms with van der Waals surface area (Å²) >= 11 is 0. The summed E-state index contributed by atoms with van der Waals surface area (Å²) in [4.78, 5) is 8.13. The van der Waals surface area contributed by atoms with Gasteiger partial charge in [0, 0.05) is 18.8 Å². The van der Waals surface area contributed by atoms with Gasteiger partial charge in [-0.3, -0.25) is 0 Å². The van der Waals surface area contributed by atoms with Crippen molar-refractivity contribution < 1.29 is 0 Å². The first-order valence-corrected chi connectivity index (χ1v) is 6.86. The van der Waals surface area contributed by atoms with Gasteiger partial charge in [0.2, 0.25) is 0 Å². The van der Waals surface area contributed by atoms with Crippen LogP contribution in [0.2, 0.25) is 0 Å². The van der Waals surface area contributed by atoms with E-state index in [1.165, 1.54) is 17.5 Å². The highest BCUT2D eigenvalue weighted by molar-refractivity contribution is 5.24. The van der Waals surface area contributed by atoms with Crippen LogP contribution >= 0.6 is 0 Å². The molecule has 1 aromatic heterocycles. The number of benzene rings is 1. The smallest absolute Gasteiger partial charge is 0.115 e. The molecule has 0 radical (unpaired) electrons. The average Bonchev–Trinajstić information content (AvgIpc) is 2.47. The highest BCUT2D eigenvalue weighted by Crippen LogP contribution is 2.14. The monoisotopic (exact) mass is 255 g/mol. The molecule has 2 aromatic rings. The van der Waals surface area contributed by atoms with Crippen LogP contribution < -0.4 is 5.32 Å². The quantitative estimate of drug-likeness (QED) is 0.860. The van der Waals surface area contributed by atoms with Gasteiger partial charge in [0.1, 0.15) is 6.33 Å². The van der Waals surface area contributed by atoms with Gasteiger partial charge in [0.25, 0.3) is 0 Å². The molecule has 1 aromatic carbocycles. The maximum absolute atomic E-state index is 4.21. The second-order valence-corrected chi connectivity index (χ2v) is 4.79. The molecule has 1 N–H and O–H groups in total. The first-order valence-electron chi connectivity index (χ1n) is 6.86. The summed E-state index contributed by atoms with van der Waals surface area (Å²) in [5, 5.41) is 3.48. The molecule has 0 bridgehead atoms. The van der Waals surface area contributed by atoms with Gasteiger partial charge >= 0.3 is 0 Å². The van der Waals surface area contributed by atoms with Gasteiger partial charge in [0.05, 0.1) is 5.69 Å². The van der Waals surface area contributed by atoms with E-state index in [0.29, 0.717) is 6.04 Å². The number of nitrogens with zero attached hydrogens (tertiary/aromatic N) is 2. The molecule has 0 saturated heterocycles. The van der Waals surface area contributed by atoms with E-state index in [1.54, 1.807) is 12.5 Å². The van der Waals surface area contributed by atoms with E-state index in [0.717, 1.165) is 18.7 Å². The molecule has 0 spiro atoms. The fraction of sp³-hybridized carbons (Fsp3) is 0.375. The summed E-state index contributed by atoms with van der Waals surface area (Å²) < 4.78 is 0. The van der Waals surface area contributed by atoms with E-state index in [2.05, 4.69) is 53.4 Å². The fourth-order valence-electron chi connectivity index (χ4n) is 2.06. The molecule has 1 atom stereocenters. The summed E-state index contributed by atoms with van der Waals surface area (Å²) in [5.74, 6) is 0. The highest BCUT2D eigenvalue weighted by atomic mass is 14.9. The lowest BCUT2D eigenvalue weighted by atomic mass is 10.0. The van der Waals surface area contributed by atoms with Crippen molar-refractivity contribution >= 4 is 0 Å². The summed E-state index contributed by atoms with van der Waals surface area (Å²) in [6.07, 6.45) is 5.71. The van der Waals surface area contributed by atoms with Crippen LogP contribution in [0.15, 0.2) is 42.9 Å². The minimum Gasteiger partial charge on any atom is -0.305 e. The summed E-state index contributed by atoms with van der Waals surface area (Å²) in [7, 11) is 0. The van der Waals surface area contributed by atoms with Crippen molar-refractivity contribution in [1.29, 1.82) is 0 Å². The van der Waals surface area contributed by atoms with Gasteiger partial charge in [-0.1, -0.05) is 37.6 Å². The number of aryl methyl sites for hydroxylation is 1. The Kier molecular flexibility index (Phi) is 5.04. The van der Waals surface area contributed by atoms with Crippen LogP contribution in [-0.4, -0.2) is 9.97 Å². The Hall–Kier alpha value is -1.74. The minimum absolute atomic E-state index is 0.325. The SMILES string of the molecule is CCCc1ccc(C(C)NCc2ccncn2)cc1. The lowest BCUT2D eigenvalue weighted by molar-refractivity contribution is 0.567. The Morgan fingerprint density at radius 2 is 1.95 bits per heavy atom. The topological polar surface area (TPSA) is 37.8 Å². The van der Waals surface area contributed by atoms with Crippen molar-refractivity contribution in [1.82, 2.24) is 15.3 Å². The molecule has 0 fully saturated rings. The van der Waals surface area contributed by atoms with E-state index in [-0.39, 0.29) is 0 Å². The first-order chi connectivity index (χ1) is 9.29. The number of aromatic nitrogens is 2. The first kappa shape index (κ1) is 13.7. The zero-order valence-corrected chi connectivity index (χ0v) is 11.6. The van der Waals surface area contributed by atoms with Crippen LogP contribution in [0.1, 0.15) is 43.1 Å². The molecule has 100 valence electrons. The molecular weight excluding hydrogens is 234 g/mol. The second-order valence-electron chi connectivity index (χ2n) is 4.79. The largest absolute Gasteiger partial charge is 0.305 e. The van der Waals surface area contributed by atoms with Crippen LogP contribution in [0.4, 0.5) is 0 Å². The summed E-state index contributed by atoms with van der Waals surface area (Å²) in [6, 6.07) is 11.1. The maximum Gasteiger partial charge on any atom is 0.115 e. The van der Waals surface area contributed by atoms with Crippen molar-refractivity contribution in [2.45, 2.75) is 39.3 Å². The third kappa shape index (κ3) is 4.14. The van der Waals surface area contributed by atoms with Gasteiger partial charge in [-0.05, 0) is 30.5 Å². The Morgan fingerprint density at radius 1 is 1.16 bits per heavy atom. The molecule has 2 rings (SSSR count). The van der Waals surface area contributed by atoms with Crippen molar-refractivity contribution in [3.63, 3.8) is 0 Å².